The summed E-state index contributed by atoms with van der Waals surface area (Å²) in [4.78, 5) is 38.3. The fourth-order valence-corrected chi connectivity index (χ4v) is 3.60. The molecule has 1 unspecified atom stereocenters. The molecule has 12 heteroatoms. The number of carbonyl (C=O) groups is 3. The number of nitrogens with one attached hydrogen (secondary N) is 2. The predicted molar refractivity (Wildman–Crippen MR) is 122 cm³/mol. The third kappa shape index (κ3) is 6.50. The Balaban J connectivity index is 1.84. The molecular weight excluding hydrogens is 415 g/mol. The summed E-state index contributed by atoms with van der Waals surface area (Å²) in [5.41, 5.74) is 17.8. The van der Waals surface area contributed by atoms with E-state index in [0.717, 1.165) is 5.56 Å². The minimum atomic E-state index is -1.16. The first kappa shape index (κ1) is 25.8. The number of rotatable bonds is 11. The SMILES string of the molecule is CC1(C)OB(O)c2c(NC(=O)CNC(=O)C(N)CCC(=O)N(CCN)CCN)cccc21. The van der Waals surface area contributed by atoms with Crippen molar-refractivity contribution in [1.82, 2.24) is 10.2 Å². The monoisotopic (exact) mass is 448 g/mol. The van der Waals surface area contributed by atoms with E-state index >= 15 is 0 Å². The topological polar surface area (TPSA) is 186 Å². The van der Waals surface area contributed by atoms with Crippen LogP contribution in [0.5, 0.6) is 0 Å². The summed E-state index contributed by atoms with van der Waals surface area (Å²) >= 11 is 0. The molecule has 0 radical (unpaired) electrons. The smallest absolute Gasteiger partial charge is 0.423 e. The van der Waals surface area contributed by atoms with Gasteiger partial charge in [-0.25, -0.2) is 0 Å². The molecule has 9 N–H and O–H groups in total. The first-order valence-electron chi connectivity index (χ1n) is 10.6. The summed E-state index contributed by atoms with van der Waals surface area (Å²) in [7, 11) is -1.16. The standard InChI is InChI=1S/C20H33BN6O5/c1-20(2)13-4-3-5-15(18(13)21(31)32-20)26-16(28)12-25-19(30)14(24)6-7-17(29)27(10-8-22)11-9-23/h3-5,14,31H,6-12,22-24H2,1-2H3,(H,25,30)(H,26,28). The molecule has 11 nitrogen and oxygen atoms in total. The van der Waals surface area contributed by atoms with Gasteiger partial charge in [0, 0.05) is 43.8 Å². The van der Waals surface area contributed by atoms with Gasteiger partial charge < -0.3 is 42.4 Å². The summed E-state index contributed by atoms with van der Waals surface area (Å²) in [5.74, 6) is -1.20. The van der Waals surface area contributed by atoms with Gasteiger partial charge in [-0.15, -0.1) is 0 Å². The molecule has 0 bridgehead atoms. The lowest BCUT2D eigenvalue weighted by molar-refractivity contribution is -0.131. The highest BCUT2D eigenvalue weighted by Crippen LogP contribution is 2.31. The van der Waals surface area contributed by atoms with Crippen molar-refractivity contribution in [3.8, 4) is 0 Å². The Morgan fingerprint density at radius 1 is 1.22 bits per heavy atom. The van der Waals surface area contributed by atoms with Crippen molar-refractivity contribution in [3.05, 3.63) is 23.8 Å². The third-order valence-corrected chi connectivity index (χ3v) is 5.26. The van der Waals surface area contributed by atoms with Crippen LogP contribution in [0.4, 0.5) is 5.69 Å². The number of carbonyl (C=O) groups excluding carboxylic acids is 3. The minimum absolute atomic E-state index is 0.0740. The highest BCUT2D eigenvalue weighted by molar-refractivity contribution is 6.64. The normalized spacial score (nSPS) is 15.1. The van der Waals surface area contributed by atoms with Crippen molar-refractivity contribution < 1.29 is 24.1 Å². The number of nitrogens with zero attached hydrogens (tertiary/aromatic N) is 1. The van der Waals surface area contributed by atoms with Gasteiger partial charge in [0.2, 0.25) is 17.7 Å². The highest BCUT2D eigenvalue weighted by Gasteiger charge is 2.42. The van der Waals surface area contributed by atoms with Crippen molar-refractivity contribution in [3.63, 3.8) is 0 Å². The van der Waals surface area contributed by atoms with E-state index in [-0.39, 0.29) is 25.3 Å². The van der Waals surface area contributed by atoms with Gasteiger partial charge in [0.1, 0.15) is 0 Å². The molecule has 0 aliphatic carbocycles. The number of hydrogen-bond acceptors (Lipinski definition) is 8. The third-order valence-electron chi connectivity index (χ3n) is 5.26. The van der Waals surface area contributed by atoms with Crippen molar-refractivity contribution in [2.75, 3.05) is 38.0 Å². The Morgan fingerprint density at radius 2 is 1.88 bits per heavy atom. The van der Waals surface area contributed by atoms with Crippen LogP contribution in [-0.2, 0) is 24.6 Å². The molecule has 1 aromatic carbocycles. The lowest BCUT2D eigenvalue weighted by Gasteiger charge is -2.22. The lowest BCUT2D eigenvalue weighted by Crippen LogP contribution is -2.45. The lowest BCUT2D eigenvalue weighted by atomic mass is 9.77. The number of fused-ring (bicyclic) bond motifs is 1. The van der Waals surface area contributed by atoms with Crippen LogP contribution in [0.15, 0.2) is 18.2 Å². The second kappa shape index (κ2) is 11.4. The molecule has 0 spiro atoms. The molecule has 0 aromatic heterocycles. The van der Waals surface area contributed by atoms with Crippen LogP contribution in [0, 0.1) is 0 Å². The largest absolute Gasteiger partial charge is 0.494 e. The van der Waals surface area contributed by atoms with Crippen molar-refractivity contribution >= 4 is 36.0 Å². The highest BCUT2D eigenvalue weighted by atomic mass is 16.5. The van der Waals surface area contributed by atoms with Crippen molar-refractivity contribution in [1.29, 1.82) is 0 Å². The maximum Gasteiger partial charge on any atom is 0.494 e. The number of hydrogen-bond donors (Lipinski definition) is 6. The van der Waals surface area contributed by atoms with E-state index in [4.69, 9.17) is 21.9 Å². The second-order valence-corrected chi connectivity index (χ2v) is 8.12. The van der Waals surface area contributed by atoms with Crippen LogP contribution < -0.4 is 33.3 Å². The van der Waals surface area contributed by atoms with Crippen LogP contribution in [0.3, 0.4) is 0 Å². The molecule has 1 heterocycles. The van der Waals surface area contributed by atoms with Gasteiger partial charge in [0.05, 0.1) is 18.2 Å². The maximum atomic E-state index is 12.3. The summed E-state index contributed by atoms with van der Waals surface area (Å²) in [6.45, 7) is 4.75. The Morgan fingerprint density at radius 3 is 2.50 bits per heavy atom. The zero-order valence-electron chi connectivity index (χ0n) is 18.6. The van der Waals surface area contributed by atoms with E-state index in [2.05, 4.69) is 10.6 Å². The van der Waals surface area contributed by atoms with E-state index in [0.29, 0.717) is 37.3 Å². The molecule has 1 aliphatic rings. The summed E-state index contributed by atoms with van der Waals surface area (Å²) in [5, 5.41) is 15.4. The molecule has 1 atom stereocenters. The molecule has 1 aromatic rings. The van der Waals surface area contributed by atoms with E-state index < -0.39 is 30.6 Å². The van der Waals surface area contributed by atoms with Gasteiger partial charge in [0.25, 0.3) is 0 Å². The molecule has 0 saturated carbocycles. The summed E-state index contributed by atoms with van der Waals surface area (Å²) < 4.78 is 5.54. The Labute approximate surface area is 188 Å². The average Bonchev–Trinajstić information content (AvgIpc) is 2.98. The zero-order chi connectivity index (χ0) is 23.9. The van der Waals surface area contributed by atoms with Gasteiger partial charge in [-0.3, -0.25) is 14.4 Å². The summed E-state index contributed by atoms with van der Waals surface area (Å²) in [6, 6.07) is 4.28. The Kier molecular flexibility index (Phi) is 9.16. The van der Waals surface area contributed by atoms with E-state index in [9.17, 15) is 19.4 Å². The zero-order valence-corrected chi connectivity index (χ0v) is 18.6. The van der Waals surface area contributed by atoms with E-state index in [1.165, 1.54) is 4.90 Å². The van der Waals surface area contributed by atoms with Crippen LogP contribution in [0.25, 0.3) is 0 Å². The fraction of sp³-hybridized carbons (Fsp3) is 0.550. The first-order chi connectivity index (χ1) is 15.1. The summed E-state index contributed by atoms with van der Waals surface area (Å²) in [6.07, 6.45) is 0.202. The molecule has 0 saturated heterocycles. The first-order valence-corrected chi connectivity index (χ1v) is 10.6. The van der Waals surface area contributed by atoms with Crippen LogP contribution in [0.1, 0.15) is 32.3 Å². The molecular formula is C20H33BN6O5. The quantitative estimate of drug-likeness (QED) is 0.201. The van der Waals surface area contributed by atoms with Crippen LogP contribution >= 0.6 is 0 Å². The van der Waals surface area contributed by atoms with Crippen LogP contribution in [-0.4, -0.2) is 73.5 Å². The van der Waals surface area contributed by atoms with Crippen LogP contribution in [0.2, 0.25) is 0 Å². The van der Waals surface area contributed by atoms with Gasteiger partial charge in [0.15, 0.2) is 0 Å². The molecule has 2 rings (SSSR count). The van der Waals surface area contributed by atoms with Crippen molar-refractivity contribution in [2.45, 2.75) is 38.3 Å². The number of amides is 3. The molecule has 3 amide bonds. The molecule has 32 heavy (non-hydrogen) atoms. The van der Waals surface area contributed by atoms with Crippen molar-refractivity contribution in [2.24, 2.45) is 17.2 Å². The van der Waals surface area contributed by atoms with Gasteiger partial charge in [-0.1, -0.05) is 12.1 Å². The molecule has 176 valence electrons. The van der Waals surface area contributed by atoms with Gasteiger partial charge in [-0.2, -0.15) is 0 Å². The number of anilines is 1. The van der Waals surface area contributed by atoms with Gasteiger partial charge >= 0.3 is 7.12 Å². The van der Waals surface area contributed by atoms with E-state index in [1.54, 1.807) is 12.1 Å². The number of benzene rings is 1. The average molecular weight is 448 g/mol. The number of nitrogens with two attached hydrogens (primary N) is 3. The predicted octanol–water partition coefficient (Wildman–Crippen LogP) is -2.45. The van der Waals surface area contributed by atoms with E-state index in [1.807, 2.05) is 19.9 Å². The fourth-order valence-electron chi connectivity index (χ4n) is 3.60. The molecule has 0 fully saturated rings. The minimum Gasteiger partial charge on any atom is -0.423 e. The Bertz CT molecular complexity index is 831. The maximum absolute atomic E-state index is 12.3. The Hall–Kier alpha value is -2.51. The van der Waals surface area contributed by atoms with Gasteiger partial charge in [-0.05, 0) is 31.9 Å². The molecule has 1 aliphatic heterocycles. The second-order valence-electron chi connectivity index (χ2n) is 8.12.